The number of nitrogens with one attached hydrogen (secondary N) is 1. The van der Waals surface area contributed by atoms with Gasteiger partial charge in [-0.2, -0.15) is 5.10 Å². The minimum atomic E-state index is -0.185. The molecular weight excluding hydrogens is 326 g/mol. The molecule has 0 aliphatic carbocycles. The van der Waals surface area contributed by atoms with E-state index >= 15 is 0 Å². The van der Waals surface area contributed by atoms with Crippen LogP contribution >= 0.6 is 0 Å². The van der Waals surface area contributed by atoms with E-state index in [9.17, 15) is 9.59 Å². The molecule has 1 aromatic heterocycles. The van der Waals surface area contributed by atoms with Gasteiger partial charge in [-0.3, -0.25) is 9.59 Å². The zero-order valence-electron chi connectivity index (χ0n) is 15.3. The zero-order chi connectivity index (χ0) is 18.8. The first kappa shape index (κ1) is 17.6. The van der Waals surface area contributed by atoms with E-state index in [1.165, 1.54) is 4.68 Å². The minimum Gasteiger partial charge on any atom is -0.322 e. The number of anilines is 1. The number of hydrogen-bond donors (Lipinski definition) is 1. The van der Waals surface area contributed by atoms with Gasteiger partial charge in [0.2, 0.25) is 0 Å². The lowest BCUT2D eigenvalue weighted by molar-refractivity contribution is 0.0941. The van der Waals surface area contributed by atoms with Crippen molar-refractivity contribution >= 4 is 17.5 Å². The third kappa shape index (κ3) is 3.28. The van der Waals surface area contributed by atoms with Crippen LogP contribution in [0.3, 0.4) is 0 Å². The van der Waals surface area contributed by atoms with Crippen molar-refractivity contribution in [3.63, 3.8) is 0 Å². The van der Waals surface area contributed by atoms with Crippen molar-refractivity contribution in [3.05, 3.63) is 82.2 Å². The molecule has 1 N–H and O–H groups in total. The van der Waals surface area contributed by atoms with Crippen molar-refractivity contribution < 1.29 is 9.59 Å². The predicted octanol–water partition coefficient (Wildman–Crippen LogP) is 4.06. The van der Waals surface area contributed by atoms with E-state index in [1.807, 2.05) is 45.9 Å². The summed E-state index contributed by atoms with van der Waals surface area (Å²) in [5.74, 6) is -0.355. The van der Waals surface area contributed by atoms with E-state index in [2.05, 4.69) is 10.4 Å². The summed E-state index contributed by atoms with van der Waals surface area (Å²) in [6, 6.07) is 14.3. The number of hydrogen-bond acceptors (Lipinski definition) is 3. The topological polar surface area (TPSA) is 64.0 Å². The van der Waals surface area contributed by atoms with Crippen molar-refractivity contribution in [2.75, 3.05) is 5.32 Å². The molecule has 0 saturated carbocycles. The molecular formula is C21H21N3O2. The molecule has 132 valence electrons. The van der Waals surface area contributed by atoms with Crippen LogP contribution in [0.5, 0.6) is 0 Å². The lowest BCUT2D eigenvalue weighted by atomic mass is 10.1. The van der Waals surface area contributed by atoms with Gasteiger partial charge in [0.15, 0.2) is 0 Å². The minimum absolute atomic E-state index is 0.170. The second kappa shape index (κ2) is 6.96. The lowest BCUT2D eigenvalue weighted by Crippen LogP contribution is -2.16. The van der Waals surface area contributed by atoms with E-state index < -0.39 is 0 Å². The number of rotatable bonds is 3. The van der Waals surface area contributed by atoms with Gasteiger partial charge in [0.25, 0.3) is 11.8 Å². The molecule has 3 rings (SSSR count). The molecule has 0 bridgehead atoms. The van der Waals surface area contributed by atoms with E-state index in [0.29, 0.717) is 16.8 Å². The molecule has 0 atom stereocenters. The Labute approximate surface area is 152 Å². The third-order valence-electron chi connectivity index (χ3n) is 4.62. The highest BCUT2D eigenvalue weighted by atomic mass is 16.2. The molecule has 3 aromatic rings. The first-order valence-electron chi connectivity index (χ1n) is 8.43. The van der Waals surface area contributed by atoms with Gasteiger partial charge in [0.1, 0.15) is 0 Å². The summed E-state index contributed by atoms with van der Waals surface area (Å²) in [7, 11) is 0. The Morgan fingerprint density at radius 3 is 2.15 bits per heavy atom. The Morgan fingerprint density at radius 2 is 1.58 bits per heavy atom. The molecule has 0 spiro atoms. The van der Waals surface area contributed by atoms with E-state index in [0.717, 1.165) is 22.5 Å². The molecule has 2 aromatic carbocycles. The standard InChI is InChI=1S/C21H21N3O2/c1-13-7-5-6-8-19(13)20(25)22-18-11-9-17(10-12-18)21(26)24-16(4)14(2)15(3)23-24/h5-12H,1-4H3,(H,22,25). The molecule has 0 saturated heterocycles. The second-order valence-corrected chi connectivity index (χ2v) is 6.36. The van der Waals surface area contributed by atoms with Crippen LogP contribution in [-0.2, 0) is 0 Å². The number of carbonyl (C=O) groups is 2. The fourth-order valence-electron chi connectivity index (χ4n) is 2.76. The van der Waals surface area contributed by atoms with Crippen molar-refractivity contribution in [1.29, 1.82) is 0 Å². The smallest absolute Gasteiger partial charge is 0.278 e. The fourth-order valence-corrected chi connectivity index (χ4v) is 2.76. The maximum Gasteiger partial charge on any atom is 0.278 e. The van der Waals surface area contributed by atoms with Gasteiger partial charge in [-0.25, -0.2) is 4.68 Å². The summed E-state index contributed by atoms with van der Waals surface area (Å²) in [5.41, 5.74) is 5.40. The SMILES string of the molecule is Cc1ccccc1C(=O)Nc1ccc(C(=O)n2nc(C)c(C)c2C)cc1. The second-order valence-electron chi connectivity index (χ2n) is 6.36. The van der Waals surface area contributed by atoms with Crippen LogP contribution < -0.4 is 5.32 Å². The quantitative estimate of drug-likeness (QED) is 0.777. The van der Waals surface area contributed by atoms with E-state index in [-0.39, 0.29) is 11.8 Å². The van der Waals surface area contributed by atoms with Crippen molar-refractivity contribution in [3.8, 4) is 0 Å². The molecule has 26 heavy (non-hydrogen) atoms. The summed E-state index contributed by atoms with van der Waals surface area (Å²) in [4.78, 5) is 25.0. The Balaban J connectivity index is 1.78. The Hall–Kier alpha value is -3.21. The number of nitrogens with zero attached hydrogens (tertiary/aromatic N) is 2. The van der Waals surface area contributed by atoms with Gasteiger partial charge in [-0.1, -0.05) is 18.2 Å². The third-order valence-corrected chi connectivity index (χ3v) is 4.62. The first-order valence-corrected chi connectivity index (χ1v) is 8.43. The summed E-state index contributed by atoms with van der Waals surface area (Å²) in [6.07, 6.45) is 0. The summed E-state index contributed by atoms with van der Waals surface area (Å²) < 4.78 is 1.42. The first-order chi connectivity index (χ1) is 12.4. The maximum absolute atomic E-state index is 12.6. The van der Waals surface area contributed by atoms with E-state index in [4.69, 9.17) is 0 Å². The highest BCUT2D eigenvalue weighted by Crippen LogP contribution is 2.16. The van der Waals surface area contributed by atoms with Gasteiger partial charge in [-0.15, -0.1) is 0 Å². The van der Waals surface area contributed by atoms with Gasteiger partial charge < -0.3 is 5.32 Å². The van der Waals surface area contributed by atoms with Crippen LogP contribution in [0.1, 0.15) is 43.2 Å². The van der Waals surface area contributed by atoms with Crippen LogP contribution in [0, 0.1) is 27.7 Å². The molecule has 0 unspecified atom stereocenters. The average molecular weight is 347 g/mol. The van der Waals surface area contributed by atoms with Crippen LogP contribution in [0.2, 0.25) is 0 Å². The Bertz CT molecular complexity index is 985. The number of benzene rings is 2. The molecule has 0 fully saturated rings. The normalized spacial score (nSPS) is 10.6. The molecule has 5 heteroatoms. The van der Waals surface area contributed by atoms with E-state index in [1.54, 1.807) is 30.3 Å². The number of amides is 1. The molecule has 5 nitrogen and oxygen atoms in total. The zero-order valence-corrected chi connectivity index (χ0v) is 15.3. The summed E-state index contributed by atoms with van der Waals surface area (Å²) in [6.45, 7) is 7.61. The monoisotopic (exact) mass is 347 g/mol. The van der Waals surface area contributed by atoms with Crippen LogP contribution in [-0.4, -0.2) is 21.6 Å². The van der Waals surface area contributed by atoms with Crippen molar-refractivity contribution in [1.82, 2.24) is 9.78 Å². The van der Waals surface area contributed by atoms with Crippen LogP contribution in [0.4, 0.5) is 5.69 Å². The number of aromatic nitrogens is 2. The Morgan fingerprint density at radius 1 is 0.923 bits per heavy atom. The molecule has 0 radical (unpaired) electrons. The molecule has 1 amide bonds. The summed E-state index contributed by atoms with van der Waals surface area (Å²) in [5, 5.41) is 7.16. The van der Waals surface area contributed by atoms with Crippen molar-refractivity contribution in [2.45, 2.75) is 27.7 Å². The maximum atomic E-state index is 12.6. The number of aryl methyl sites for hydroxylation is 2. The predicted molar refractivity (Wildman–Crippen MR) is 102 cm³/mol. The van der Waals surface area contributed by atoms with Crippen LogP contribution in [0.25, 0.3) is 0 Å². The average Bonchev–Trinajstić information content (AvgIpc) is 2.89. The van der Waals surface area contributed by atoms with Crippen molar-refractivity contribution in [2.24, 2.45) is 0 Å². The largest absolute Gasteiger partial charge is 0.322 e. The van der Waals surface area contributed by atoms with Crippen LogP contribution in [0.15, 0.2) is 48.5 Å². The highest BCUT2D eigenvalue weighted by Gasteiger charge is 2.16. The Kier molecular flexibility index (Phi) is 4.71. The fraction of sp³-hybridized carbons (Fsp3) is 0.190. The van der Waals surface area contributed by atoms with Gasteiger partial charge in [-0.05, 0) is 69.2 Å². The number of carbonyl (C=O) groups excluding carboxylic acids is 2. The summed E-state index contributed by atoms with van der Waals surface area (Å²) >= 11 is 0. The molecule has 0 aliphatic rings. The lowest BCUT2D eigenvalue weighted by Gasteiger charge is -2.08. The van der Waals surface area contributed by atoms with Gasteiger partial charge in [0.05, 0.1) is 5.69 Å². The molecule has 0 aliphatic heterocycles. The highest BCUT2D eigenvalue weighted by molar-refractivity contribution is 6.05. The van der Waals surface area contributed by atoms with Gasteiger partial charge in [0, 0.05) is 22.5 Å². The molecule has 1 heterocycles. The van der Waals surface area contributed by atoms with Gasteiger partial charge >= 0.3 is 0 Å².